The van der Waals surface area contributed by atoms with Crippen LogP contribution in [0.5, 0.6) is 0 Å². The molecule has 0 heterocycles. The molecule has 3 aromatic carbocycles. The highest BCUT2D eigenvalue weighted by molar-refractivity contribution is 5.86. The van der Waals surface area contributed by atoms with E-state index in [4.69, 9.17) is 0 Å². The lowest BCUT2D eigenvalue weighted by atomic mass is 10.2. The molecule has 2 nitrogen and oxygen atoms in total. The van der Waals surface area contributed by atoms with E-state index in [2.05, 4.69) is 9.98 Å². The maximum absolute atomic E-state index is 4.55. The highest BCUT2D eigenvalue weighted by Gasteiger charge is 1.97. The first-order chi connectivity index (χ1) is 10.9. The second-order valence-electron chi connectivity index (χ2n) is 4.83. The Morgan fingerprint density at radius 3 is 1.23 bits per heavy atom. The minimum absolute atomic E-state index is 0.860. The zero-order valence-electron chi connectivity index (χ0n) is 12.1. The van der Waals surface area contributed by atoms with Crippen LogP contribution in [0.4, 0.5) is 11.4 Å². The van der Waals surface area contributed by atoms with E-state index in [-0.39, 0.29) is 0 Å². The first-order valence-electron chi connectivity index (χ1n) is 7.19. The van der Waals surface area contributed by atoms with Crippen molar-refractivity contribution < 1.29 is 0 Å². The first kappa shape index (κ1) is 14.0. The average Bonchev–Trinajstić information content (AvgIpc) is 2.61. The van der Waals surface area contributed by atoms with Crippen molar-refractivity contribution >= 4 is 23.8 Å². The lowest BCUT2D eigenvalue weighted by Crippen LogP contribution is -1.80. The Bertz CT molecular complexity index is 707. The molecule has 3 rings (SSSR count). The van der Waals surface area contributed by atoms with Gasteiger partial charge >= 0.3 is 0 Å². The molecule has 0 fully saturated rings. The molecule has 0 unspecified atom stereocenters. The molecule has 0 aromatic heterocycles. The van der Waals surface area contributed by atoms with Crippen molar-refractivity contribution in [1.82, 2.24) is 0 Å². The third-order valence-corrected chi connectivity index (χ3v) is 3.19. The molecular formula is C20H16N2. The normalized spacial score (nSPS) is 11.3. The first-order valence-corrected chi connectivity index (χ1v) is 7.19. The maximum Gasteiger partial charge on any atom is 0.0886 e. The predicted molar refractivity (Wildman–Crippen MR) is 93.8 cm³/mol. The van der Waals surface area contributed by atoms with E-state index < -0.39 is 0 Å². The van der Waals surface area contributed by atoms with Crippen molar-refractivity contribution in [2.24, 2.45) is 9.98 Å². The largest absolute Gasteiger partial charge is 0.254 e. The van der Waals surface area contributed by atoms with Crippen molar-refractivity contribution in [3.63, 3.8) is 0 Å². The van der Waals surface area contributed by atoms with Crippen LogP contribution in [0.25, 0.3) is 0 Å². The molecule has 0 aliphatic heterocycles. The Hall–Kier alpha value is -3.00. The molecule has 0 saturated carbocycles. The van der Waals surface area contributed by atoms with Gasteiger partial charge in [-0.05, 0) is 23.3 Å². The van der Waals surface area contributed by atoms with Crippen LogP contribution in [0.3, 0.4) is 0 Å². The molecule has 0 N–H and O–H groups in total. The van der Waals surface area contributed by atoms with Gasteiger partial charge in [-0.25, -0.2) is 0 Å². The second-order valence-corrected chi connectivity index (χ2v) is 4.83. The standard InChI is InChI=1S/C20H16N2/c1-3-9-17(10-4-1)15-21-19-13-7-8-14-20(19)22-16-18-11-5-2-6-12-18/h1-16H/b21-15-,22-16+. The Labute approximate surface area is 130 Å². The molecule has 0 aliphatic rings. The van der Waals surface area contributed by atoms with E-state index in [0.29, 0.717) is 0 Å². The van der Waals surface area contributed by atoms with Crippen molar-refractivity contribution in [1.29, 1.82) is 0 Å². The van der Waals surface area contributed by atoms with Crippen molar-refractivity contribution in [2.75, 3.05) is 0 Å². The fourth-order valence-electron chi connectivity index (χ4n) is 2.05. The number of para-hydroxylation sites is 2. The van der Waals surface area contributed by atoms with Crippen LogP contribution in [-0.2, 0) is 0 Å². The number of rotatable bonds is 4. The van der Waals surface area contributed by atoms with Gasteiger partial charge in [-0.15, -0.1) is 0 Å². The number of aliphatic imine (C=N–C) groups is 2. The Kier molecular flexibility index (Phi) is 4.53. The molecule has 3 aromatic rings. The van der Waals surface area contributed by atoms with Crippen molar-refractivity contribution in [3.8, 4) is 0 Å². The van der Waals surface area contributed by atoms with Gasteiger partial charge in [0.2, 0.25) is 0 Å². The number of benzene rings is 3. The zero-order chi connectivity index (χ0) is 15.0. The van der Waals surface area contributed by atoms with Gasteiger partial charge in [0.05, 0.1) is 11.4 Å². The number of nitrogens with zero attached hydrogens (tertiary/aromatic N) is 2. The summed E-state index contributed by atoms with van der Waals surface area (Å²) >= 11 is 0. The van der Waals surface area contributed by atoms with E-state index in [1.807, 2.05) is 97.4 Å². The SMILES string of the molecule is C(=N/c1ccccc1/N=C/c1ccccc1)/c1ccccc1. The Balaban J connectivity index is 1.84. The fraction of sp³-hybridized carbons (Fsp3) is 0. The molecule has 0 aliphatic carbocycles. The summed E-state index contributed by atoms with van der Waals surface area (Å²) in [7, 11) is 0. The van der Waals surface area contributed by atoms with Crippen LogP contribution >= 0.6 is 0 Å². The summed E-state index contributed by atoms with van der Waals surface area (Å²) in [6.45, 7) is 0. The van der Waals surface area contributed by atoms with Crippen LogP contribution in [-0.4, -0.2) is 12.4 Å². The third kappa shape index (κ3) is 3.76. The van der Waals surface area contributed by atoms with Gasteiger partial charge in [-0.1, -0.05) is 72.8 Å². The number of hydrogen-bond acceptors (Lipinski definition) is 2. The van der Waals surface area contributed by atoms with Crippen LogP contribution in [0.2, 0.25) is 0 Å². The smallest absolute Gasteiger partial charge is 0.0886 e. The summed E-state index contributed by atoms with van der Waals surface area (Å²) in [6, 6.07) is 28.0. The van der Waals surface area contributed by atoms with Crippen molar-refractivity contribution in [2.45, 2.75) is 0 Å². The van der Waals surface area contributed by atoms with Gasteiger partial charge in [0.1, 0.15) is 0 Å². The minimum Gasteiger partial charge on any atom is -0.254 e. The van der Waals surface area contributed by atoms with E-state index >= 15 is 0 Å². The molecule has 0 amide bonds. The molecule has 106 valence electrons. The molecule has 0 saturated heterocycles. The Morgan fingerprint density at radius 1 is 0.455 bits per heavy atom. The highest BCUT2D eigenvalue weighted by atomic mass is 14.8. The Morgan fingerprint density at radius 2 is 0.818 bits per heavy atom. The molecule has 2 heteroatoms. The summed E-state index contributed by atoms with van der Waals surface area (Å²) in [6.07, 6.45) is 3.72. The molecule has 0 radical (unpaired) electrons. The summed E-state index contributed by atoms with van der Waals surface area (Å²) in [5.74, 6) is 0. The van der Waals surface area contributed by atoms with E-state index in [1.54, 1.807) is 0 Å². The highest BCUT2D eigenvalue weighted by Crippen LogP contribution is 2.27. The molecule has 0 bridgehead atoms. The molecule has 22 heavy (non-hydrogen) atoms. The van der Waals surface area contributed by atoms with Gasteiger partial charge in [-0.2, -0.15) is 0 Å². The topological polar surface area (TPSA) is 24.7 Å². The van der Waals surface area contributed by atoms with Crippen molar-refractivity contribution in [3.05, 3.63) is 96.1 Å². The summed E-state index contributed by atoms with van der Waals surface area (Å²) < 4.78 is 0. The summed E-state index contributed by atoms with van der Waals surface area (Å²) in [4.78, 5) is 9.10. The monoisotopic (exact) mass is 284 g/mol. The molecular weight excluding hydrogens is 268 g/mol. The fourth-order valence-corrected chi connectivity index (χ4v) is 2.05. The van der Waals surface area contributed by atoms with Crippen LogP contribution in [0, 0.1) is 0 Å². The van der Waals surface area contributed by atoms with Gasteiger partial charge < -0.3 is 0 Å². The van der Waals surface area contributed by atoms with Gasteiger partial charge in [0, 0.05) is 12.4 Å². The lowest BCUT2D eigenvalue weighted by molar-refractivity contribution is 1.45. The zero-order valence-corrected chi connectivity index (χ0v) is 12.1. The van der Waals surface area contributed by atoms with Crippen LogP contribution in [0.1, 0.15) is 11.1 Å². The second kappa shape index (κ2) is 7.14. The van der Waals surface area contributed by atoms with E-state index in [9.17, 15) is 0 Å². The van der Waals surface area contributed by atoms with E-state index in [0.717, 1.165) is 22.5 Å². The predicted octanol–water partition coefficient (Wildman–Crippen LogP) is 5.19. The third-order valence-electron chi connectivity index (χ3n) is 3.19. The van der Waals surface area contributed by atoms with Crippen LogP contribution < -0.4 is 0 Å². The minimum atomic E-state index is 0.860. The summed E-state index contributed by atoms with van der Waals surface area (Å²) in [5.41, 5.74) is 3.87. The lowest BCUT2D eigenvalue weighted by Gasteiger charge is -2.00. The summed E-state index contributed by atoms with van der Waals surface area (Å²) in [5, 5.41) is 0. The van der Waals surface area contributed by atoms with Crippen LogP contribution in [0.15, 0.2) is 94.9 Å². The van der Waals surface area contributed by atoms with Gasteiger partial charge in [0.25, 0.3) is 0 Å². The quantitative estimate of drug-likeness (QED) is 0.589. The maximum atomic E-state index is 4.55. The van der Waals surface area contributed by atoms with Gasteiger partial charge in [-0.3, -0.25) is 9.98 Å². The van der Waals surface area contributed by atoms with Gasteiger partial charge in [0.15, 0.2) is 0 Å². The van der Waals surface area contributed by atoms with E-state index in [1.165, 1.54) is 0 Å². The molecule has 0 spiro atoms. The average molecular weight is 284 g/mol. The number of hydrogen-bond donors (Lipinski definition) is 0. The molecule has 0 atom stereocenters.